The van der Waals surface area contributed by atoms with Crippen LogP contribution in [-0.4, -0.2) is 29.1 Å². The topological polar surface area (TPSA) is 85.4 Å². The average molecular weight is 376 g/mol. The Labute approximate surface area is 162 Å². The molecule has 3 aromatic rings. The fourth-order valence-electron chi connectivity index (χ4n) is 2.89. The lowest BCUT2D eigenvalue weighted by Crippen LogP contribution is -2.24. The van der Waals surface area contributed by atoms with Gasteiger partial charge >= 0.3 is 0 Å². The van der Waals surface area contributed by atoms with Crippen LogP contribution in [0, 0.1) is 6.92 Å². The number of aromatic nitrogens is 2. The molecular formula is C21H20N4O3. The van der Waals surface area contributed by atoms with Gasteiger partial charge in [0.2, 0.25) is 0 Å². The van der Waals surface area contributed by atoms with Crippen LogP contribution in [-0.2, 0) is 6.54 Å². The molecule has 0 aliphatic carbocycles. The van der Waals surface area contributed by atoms with Gasteiger partial charge < -0.3 is 20.1 Å². The summed E-state index contributed by atoms with van der Waals surface area (Å²) in [6, 6.07) is 15.1. The summed E-state index contributed by atoms with van der Waals surface area (Å²) >= 11 is 0. The lowest BCUT2D eigenvalue weighted by Gasteiger charge is -2.19. The van der Waals surface area contributed by atoms with Crippen LogP contribution in [0.15, 0.2) is 54.9 Å². The molecular weight excluding hydrogens is 356 g/mol. The maximum atomic E-state index is 12.5. The van der Waals surface area contributed by atoms with Crippen LogP contribution in [0.4, 0.5) is 11.5 Å². The van der Waals surface area contributed by atoms with Crippen molar-refractivity contribution >= 4 is 17.4 Å². The van der Waals surface area contributed by atoms with Crippen LogP contribution in [0.2, 0.25) is 0 Å². The first-order valence-electron chi connectivity index (χ1n) is 9.00. The van der Waals surface area contributed by atoms with Gasteiger partial charge in [-0.15, -0.1) is 0 Å². The van der Waals surface area contributed by atoms with E-state index in [0.717, 1.165) is 22.6 Å². The van der Waals surface area contributed by atoms with E-state index in [4.69, 9.17) is 9.47 Å². The van der Waals surface area contributed by atoms with Crippen molar-refractivity contribution < 1.29 is 14.3 Å². The predicted octanol–water partition coefficient (Wildman–Crippen LogP) is 3.23. The SMILES string of the molecule is Cc1ccccc1CNC(=O)c1cc(Nc2ccc3c(c2)OCCO3)ncn1. The first-order chi connectivity index (χ1) is 13.7. The van der Waals surface area contributed by atoms with E-state index < -0.39 is 0 Å². The van der Waals surface area contributed by atoms with Gasteiger partial charge in [0.1, 0.15) is 31.1 Å². The van der Waals surface area contributed by atoms with E-state index >= 15 is 0 Å². The summed E-state index contributed by atoms with van der Waals surface area (Å²) in [4.78, 5) is 20.7. The summed E-state index contributed by atoms with van der Waals surface area (Å²) in [5.74, 6) is 1.67. The van der Waals surface area contributed by atoms with E-state index in [1.165, 1.54) is 6.33 Å². The second kappa shape index (κ2) is 7.96. The van der Waals surface area contributed by atoms with Crippen LogP contribution in [0.5, 0.6) is 11.5 Å². The monoisotopic (exact) mass is 376 g/mol. The fraction of sp³-hybridized carbons (Fsp3) is 0.190. The number of nitrogens with zero attached hydrogens (tertiary/aromatic N) is 2. The fourth-order valence-corrected chi connectivity index (χ4v) is 2.89. The molecule has 7 heteroatoms. The third-order valence-corrected chi connectivity index (χ3v) is 4.41. The maximum absolute atomic E-state index is 12.5. The Morgan fingerprint density at radius 2 is 1.86 bits per heavy atom. The Hall–Kier alpha value is -3.61. The van der Waals surface area contributed by atoms with Gasteiger partial charge in [-0.1, -0.05) is 24.3 Å². The van der Waals surface area contributed by atoms with Crippen molar-refractivity contribution in [3.05, 3.63) is 71.7 Å². The molecule has 0 unspecified atom stereocenters. The van der Waals surface area contributed by atoms with Crippen LogP contribution in [0.1, 0.15) is 21.6 Å². The minimum atomic E-state index is -0.254. The lowest BCUT2D eigenvalue weighted by atomic mass is 10.1. The molecule has 2 heterocycles. The molecule has 0 atom stereocenters. The predicted molar refractivity (Wildman–Crippen MR) is 105 cm³/mol. The third-order valence-electron chi connectivity index (χ3n) is 4.41. The van der Waals surface area contributed by atoms with Crippen molar-refractivity contribution in [1.29, 1.82) is 0 Å². The molecule has 0 fully saturated rings. The molecule has 1 aliphatic heterocycles. The molecule has 1 aliphatic rings. The number of rotatable bonds is 5. The number of benzene rings is 2. The zero-order valence-electron chi connectivity index (χ0n) is 15.4. The van der Waals surface area contributed by atoms with E-state index in [1.807, 2.05) is 49.4 Å². The highest BCUT2D eigenvalue weighted by Crippen LogP contribution is 2.33. The van der Waals surface area contributed by atoms with Crippen molar-refractivity contribution in [3.8, 4) is 11.5 Å². The number of ether oxygens (including phenoxy) is 2. The minimum Gasteiger partial charge on any atom is -0.486 e. The standard InChI is InChI=1S/C21H20N4O3/c1-14-4-2-3-5-15(14)12-22-21(26)17-11-20(24-13-23-17)25-16-6-7-18-19(10-16)28-9-8-27-18/h2-7,10-11,13H,8-9,12H2,1H3,(H,22,26)(H,23,24,25). The van der Waals surface area contributed by atoms with Crippen molar-refractivity contribution in [3.63, 3.8) is 0 Å². The Balaban J connectivity index is 1.44. The van der Waals surface area contributed by atoms with Crippen molar-refractivity contribution in [2.45, 2.75) is 13.5 Å². The number of fused-ring (bicyclic) bond motifs is 1. The number of aryl methyl sites for hydroxylation is 1. The summed E-state index contributed by atoms with van der Waals surface area (Å²) < 4.78 is 11.1. The highest BCUT2D eigenvalue weighted by atomic mass is 16.6. The second-order valence-corrected chi connectivity index (χ2v) is 6.38. The zero-order valence-corrected chi connectivity index (χ0v) is 15.4. The largest absolute Gasteiger partial charge is 0.486 e. The van der Waals surface area contributed by atoms with Crippen LogP contribution in [0.3, 0.4) is 0 Å². The van der Waals surface area contributed by atoms with Gasteiger partial charge in [-0.3, -0.25) is 4.79 Å². The van der Waals surface area contributed by atoms with E-state index in [-0.39, 0.29) is 5.91 Å². The second-order valence-electron chi connectivity index (χ2n) is 6.38. The van der Waals surface area contributed by atoms with Crippen molar-refractivity contribution in [1.82, 2.24) is 15.3 Å². The molecule has 142 valence electrons. The molecule has 7 nitrogen and oxygen atoms in total. The van der Waals surface area contributed by atoms with Crippen molar-refractivity contribution in [2.24, 2.45) is 0 Å². The molecule has 0 bridgehead atoms. The van der Waals surface area contributed by atoms with Gasteiger partial charge in [-0.05, 0) is 30.2 Å². The van der Waals surface area contributed by atoms with Crippen molar-refractivity contribution in [2.75, 3.05) is 18.5 Å². The van der Waals surface area contributed by atoms with Crippen LogP contribution in [0.25, 0.3) is 0 Å². The number of amides is 1. The molecule has 0 saturated heterocycles. The summed E-state index contributed by atoms with van der Waals surface area (Å²) in [7, 11) is 0. The maximum Gasteiger partial charge on any atom is 0.270 e. The van der Waals surface area contributed by atoms with Gasteiger partial charge in [-0.25, -0.2) is 9.97 Å². The van der Waals surface area contributed by atoms with E-state index in [0.29, 0.717) is 37.0 Å². The molecule has 1 amide bonds. The van der Waals surface area contributed by atoms with Gasteiger partial charge in [0.15, 0.2) is 11.5 Å². The number of nitrogens with one attached hydrogen (secondary N) is 2. The van der Waals surface area contributed by atoms with Gasteiger partial charge in [0, 0.05) is 24.4 Å². The number of hydrogen-bond acceptors (Lipinski definition) is 6. The quantitative estimate of drug-likeness (QED) is 0.711. The lowest BCUT2D eigenvalue weighted by molar-refractivity contribution is 0.0945. The summed E-state index contributed by atoms with van der Waals surface area (Å²) in [5, 5.41) is 6.06. The third kappa shape index (κ3) is 4.03. The molecule has 2 aromatic carbocycles. The number of hydrogen-bond donors (Lipinski definition) is 2. The van der Waals surface area contributed by atoms with E-state index in [2.05, 4.69) is 20.6 Å². The average Bonchev–Trinajstić information content (AvgIpc) is 2.73. The molecule has 0 radical (unpaired) electrons. The van der Waals surface area contributed by atoms with Gasteiger partial charge in [0.05, 0.1) is 0 Å². The molecule has 1 aromatic heterocycles. The first-order valence-corrected chi connectivity index (χ1v) is 9.00. The van der Waals surface area contributed by atoms with Gasteiger partial charge in [0.25, 0.3) is 5.91 Å². The summed E-state index contributed by atoms with van der Waals surface area (Å²) in [5.41, 5.74) is 3.28. The van der Waals surface area contributed by atoms with Crippen LogP contribution >= 0.6 is 0 Å². The molecule has 4 rings (SSSR count). The van der Waals surface area contributed by atoms with E-state index in [1.54, 1.807) is 6.07 Å². The number of anilines is 2. The Bertz CT molecular complexity index is 1010. The minimum absolute atomic E-state index is 0.254. The Morgan fingerprint density at radius 1 is 1.04 bits per heavy atom. The molecule has 0 saturated carbocycles. The highest BCUT2D eigenvalue weighted by Gasteiger charge is 2.13. The Kier molecular flexibility index (Phi) is 5.05. The highest BCUT2D eigenvalue weighted by molar-refractivity contribution is 5.93. The number of carbonyl (C=O) groups is 1. The van der Waals surface area contributed by atoms with E-state index in [9.17, 15) is 4.79 Å². The molecule has 2 N–H and O–H groups in total. The molecule has 28 heavy (non-hydrogen) atoms. The van der Waals surface area contributed by atoms with Crippen LogP contribution < -0.4 is 20.1 Å². The smallest absolute Gasteiger partial charge is 0.270 e. The summed E-state index contributed by atoms with van der Waals surface area (Å²) in [6.45, 7) is 3.53. The normalized spacial score (nSPS) is 12.3. The first kappa shape index (κ1) is 17.8. The Morgan fingerprint density at radius 3 is 2.71 bits per heavy atom. The number of carbonyl (C=O) groups excluding carboxylic acids is 1. The van der Waals surface area contributed by atoms with Gasteiger partial charge in [-0.2, -0.15) is 0 Å². The summed E-state index contributed by atoms with van der Waals surface area (Å²) in [6.07, 6.45) is 1.36. The molecule has 0 spiro atoms. The zero-order chi connectivity index (χ0) is 19.3.